The molecule has 0 aliphatic carbocycles. The van der Waals surface area contributed by atoms with Crippen LogP contribution in [0.1, 0.15) is 6.92 Å². The first-order chi connectivity index (χ1) is 7.31. The van der Waals surface area contributed by atoms with Crippen LogP contribution < -0.4 is 5.32 Å². The molecule has 1 unspecified atom stereocenters. The van der Waals surface area contributed by atoms with Gasteiger partial charge in [0, 0.05) is 39.7 Å². The van der Waals surface area contributed by atoms with Crippen molar-refractivity contribution < 1.29 is 9.47 Å². The molecule has 0 saturated carbocycles. The van der Waals surface area contributed by atoms with Crippen LogP contribution in [0.4, 0.5) is 5.95 Å². The summed E-state index contributed by atoms with van der Waals surface area (Å²) < 4.78 is 12.3. The number of nitrogens with zero attached hydrogens (tertiary/aromatic N) is 2. The lowest BCUT2D eigenvalue weighted by atomic mass is 10.4. The summed E-state index contributed by atoms with van der Waals surface area (Å²) in [5.41, 5.74) is 0. The molecule has 1 rings (SSSR count). The number of ether oxygens (including phenoxy) is 2. The second kappa shape index (κ2) is 6.42. The van der Waals surface area contributed by atoms with Crippen LogP contribution in [-0.4, -0.2) is 43.0 Å². The highest BCUT2D eigenvalue weighted by atomic mass is 16.5. The molecule has 1 atom stereocenters. The van der Waals surface area contributed by atoms with Crippen molar-refractivity contribution in [3.05, 3.63) is 12.4 Å². The number of imidazole rings is 1. The summed E-state index contributed by atoms with van der Waals surface area (Å²) in [4.78, 5) is 4.21. The monoisotopic (exact) mass is 213 g/mol. The van der Waals surface area contributed by atoms with Crippen molar-refractivity contribution in [2.45, 2.75) is 19.6 Å². The van der Waals surface area contributed by atoms with Crippen LogP contribution in [0.15, 0.2) is 12.4 Å². The van der Waals surface area contributed by atoms with E-state index in [2.05, 4.69) is 17.2 Å². The molecule has 0 amide bonds. The Kier molecular flexibility index (Phi) is 5.14. The minimum absolute atomic E-state index is 0.0528. The van der Waals surface area contributed by atoms with Crippen molar-refractivity contribution in [3.63, 3.8) is 0 Å². The van der Waals surface area contributed by atoms with Crippen molar-refractivity contribution in [1.82, 2.24) is 9.55 Å². The van der Waals surface area contributed by atoms with Gasteiger partial charge in [-0.2, -0.15) is 0 Å². The predicted molar refractivity (Wildman–Crippen MR) is 59.1 cm³/mol. The number of aryl methyl sites for hydroxylation is 1. The molecule has 0 saturated heterocycles. The normalized spacial score (nSPS) is 12.7. The highest BCUT2D eigenvalue weighted by molar-refractivity contribution is 5.25. The summed E-state index contributed by atoms with van der Waals surface area (Å²) in [6.45, 7) is 4.26. The predicted octanol–water partition coefficient (Wildman–Crippen LogP) is 0.976. The third-order valence-corrected chi connectivity index (χ3v) is 2.23. The lowest BCUT2D eigenvalue weighted by Gasteiger charge is -2.15. The van der Waals surface area contributed by atoms with Crippen molar-refractivity contribution in [2.75, 3.05) is 32.7 Å². The Morgan fingerprint density at radius 1 is 1.53 bits per heavy atom. The summed E-state index contributed by atoms with van der Waals surface area (Å²) in [6.07, 6.45) is 3.78. The summed E-state index contributed by atoms with van der Waals surface area (Å²) in [7, 11) is 3.34. The van der Waals surface area contributed by atoms with Gasteiger partial charge in [-0.3, -0.25) is 0 Å². The summed E-state index contributed by atoms with van der Waals surface area (Å²) in [6, 6.07) is 0. The van der Waals surface area contributed by atoms with Gasteiger partial charge in [0.25, 0.3) is 0 Å². The van der Waals surface area contributed by atoms with Gasteiger partial charge in [0.05, 0.1) is 12.7 Å². The van der Waals surface area contributed by atoms with Gasteiger partial charge in [0.2, 0.25) is 5.95 Å². The number of methoxy groups -OCH3 is 2. The highest BCUT2D eigenvalue weighted by Crippen LogP contribution is 2.04. The second-order valence-corrected chi connectivity index (χ2v) is 3.23. The molecule has 0 fully saturated rings. The zero-order valence-corrected chi connectivity index (χ0v) is 9.56. The Labute approximate surface area is 90.4 Å². The number of hydrogen-bond acceptors (Lipinski definition) is 4. The lowest BCUT2D eigenvalue weighted by Crippen LogP contribution is -2.27. The van der Waals surface area contributed by atoms with Gasteiger partial charge in [0.1, 0.15) is 0 Å². The molecule has 86 valence electrons. The Hall–Kier alpha value is -1.07. The molecule has 0 bridgehead atoms. The van der Waals surface area contributed by atoms with Gasteiger partial charge < -0.3 is 19.4 Å². The van der Waals surface area contributed by atoms with Crippen LogP contribution >= 0.6 is 0 Å². The molecule has 1 aromatic heterocycles. The minimum atomic E-state index is 0.0528. The van der Waals surface area contributed by atoms with E-state index in [1.54, 1.807) is 20.4 Å². The molecule has 0 aliphatic rings. The summed E-state index contributed by atoms with van der Waals surface area (Å²) >= 11 is 0. The standard InChI is InChI=1S/C10H19N3O2/c1-4-13-6-5-11-10(13)12-7-9(15-3)8-14-2/h5-6,9H,4,7-8H2,1-3H3,(H,11,12). The van der Waals surface area contributed by atoms with Crippen LogP contribution in [-0.2, 0) is 16.0 Å². The van der Waals surface area contributed by atoms with E-state index in [1.807, 2.05) is 10.8 Å². The quantitative estimate of drug-likeness (QED) is 0.733. The average molecular weight is 213 g/mol. The fourth-order valence-corrected chi connectivity index (χ4v) is 1.33. The fraction of sp³-hybridized carbons (Fsp3) is 0.700. The van der Waals surface area contributed by atoms with E-state index in [0.29, 0.717) is 13.2 Å². The van der Waals surface area contributed by atoms with Crippen molar-refractivity contribution in [1.29, 1.82) is 0 Å². The number of aromatic nitrogens is 2. The molecule has 0 aromatic carbocycles. The molecular weight excluding hydrogens is 194 g/mol. The highest BCUT2D eigenvalue weighted by Gasteiger charge is 2.08. The third-order valence-electron chi connectivity index (χ3n) is 2.23. The number of nitrogens with one attached hydrogen (secondary N) is 1. The van der Waals surface area contributed by atoms with Crippen LogP contribution in [0.3, 0.4) is 0 Å². The smallest absolute Gasteiger partial charge is 0.202 e. The van der Waals surface area contributed by atoms with Crippen LogP contribution in [0.5, 0.6) is 0 Å². The Balaban J connectivity index is 2.41. The number of hydrogen-bond donors (Lipinski definition) is 1. The first kappa shape index (κ1) is 12.0. The average Bonchev–Trinajstić information content (AvgIpc) is 2.71. The Bertz CT molecular complexity index is 275. The number of anilines is 1. The van der Waals surface area contributed by atoms with E-state index in [-0.39, 0.29) is 6.10 Å². The minimum Gasteiger partial charge on any atom is -0.382 e. The Morgan fingerprint density at radius 2 is 2.33 bits per heavy atom. The van der Waals surface area contributed by atoms with Crippen molar-refractivity contribution in [3.8, 4) is 0 Å². The van der Waals surface area contributed by atoms with Crippen LogP contribution in [0, 0.1) is 0 Å². The molecular formula is C10H19N3O2. The summed E-state index contributed by atoms with van der Waals surface area (Å²) in [5, 5.41) is 3.23. The molecule has 15 heavy (non-hydrogen) atoms. The van der Waals surface area contributed by atoms with Crippen LogP contribution in [0.2, 0.25) is 0 Å². The molecule has 1 N–H and O–H groups in total. The first-order valence-electron chi connectivity index (χ1n) is 5.08. The van der Waals surface area contributed by atoms with E-state index in [1.165, 1.54) is 0 Å². The molecule has 5 nitrogen and oxygen atoms in total. The zero-order chi connectivity index (χ0) is 11.1. The van der Waals surface area contributed by atoms with Crippen LogP contribution in [0.25, 0.3) is 0 Å². The maximum absolute atomic E-state index is 5.24. The van der Waals surface area contributed by atoms with Gasteiger partial charge in [-0.1, -0.05) is 0 Å². The maximum Gasteiger partial charge on any atom is 0.202 e. The molecule has 0 spiro atoms. The summed E-state index contributed by atoms with van der Waals surface area (Å²) in [5.74, 6) is 0.871. The first-order valence-corrected chi connectivity index (χ1v) is 5.08. The van der Waals surface area contributed by atoms with E-state index in [0.717, 1.165) is 12.5 Å². The van der Waals surface area contributed by atoms with Crippen molar-refractivity contribution in [2.24, 2.45) is 0 Å². The van der Waals surface area contributed by atoms with E-state index in [4.69, 9.17) is 9.47 Å². The van der Waals surface area contributed by atoms with Gasteiger partial charge in [0.15, 0.2) is 0 Å². The van der Waals surface area contributed by atoms with E-state index in [9.17, 15) is 0 Å². The molecule has 0 radical (unpaired) electrons. The Morgan fingerprint density at radius 3 is 2.93 bits per heavy atom. The maximum atomic E-state index is 5.24. The number of rotatable bonds is 7. The van der Waals surface area contributed by atoms with Gasteiger partial charge >= 0.3 is 0 Å². The van der Waals surface area contributed by atoms with E-state index < -0.39 is 0 Å². The fourth-order valence-electron chi connectivity index (χ4n) is 1.33. The molecule has 1 heterocycles. The lowest BCUT2D eigenvalue weighted by molar-refractivity contribution is 0.0364. The van der Waals surface area contributed by atoms with Gasteiger partial charge in [-0.25, -0.2) is 4.98 Å². The largest absolute Gasteiger partial charge is 0.382 e. The second-order valence-electron chi connectivity index (χ2n) is 3.23. The molecule has 1 aromatic rings. The van der Waals surface area contributed by atoms with Gasteiger partial charge in [-0.15, -0.1) is 0 Å². The zero-order valence-electron chi connectivity index (χ0n) is 9.56. The molecule has 0 aliphatic heterocycles. The van der Waals surface area contributed by atoms with Crippen molar-refractivity contribution >= 4 is 5.95 Å². The SMILES string of the molecule is CCn1ccnc1NCC(COC)OC. The topological polar surface area (TPSA) is 48.3 Å². The third kappa shape index (κ3) is 3.53. The van der Waals surface area contributed by atoms with Gasteiger partial charge in [-0.05, 0) is 6.92 Å². The molecule has 5 heteroatoms. The van der Waals surface area contributed by atoms with E-state index >= 15 is 0 Å².